The Bertz CT molecular complexity index is 341. The molecule has 1 aromatic rings. The Hall–Kier alpha value is -1.43. The molecule has 0 saturated heterocycles. The Morgan fingerprint density at radius 2 is 2.38 bits per heavy atom. The van der Waals surface area contributed by atoms with Crippen molar-refractivity contribution in [2.24, 2.45) is 0 Å². The van der Waals surface area contributed by atoms with E-state index in [1.807, 2.05) is 13.8 Å². The van der Waals surface area contributed by atoms with Crippen molar-refractivity contribution in [3.05, 3.63) is 29.3 Å². The van der Waals surface area contributed by atoms with Gasteiger partial charge in [0.2, 0.25) is 0 Å². The molecule has 13 heavy (non-hydrogen) atoms. The summed E-state index contributed by atoms with van der Waals surface area (Å²) in [6.07, 6.45) is 2.29. The molecule has 1 heterocycles. The van der Waals surface area contributed by atoms with E-state index in [1.54, 1.807) is 6.07 Å². The number of hydrogen-bond donors (Lipinski definition) is 0. The third kappa shape index (κ3) is 1.83. The Balaban J connectivity index is 3.17. The van der Waals surface area contributed by atoms with Crippen molar-refractivity contribution < 1.29 is 4.39 Å². The quantitative estimate of drug-likeness (QED) is 0.698. The second kappa shape index (κ2) is 3.99. The molecule has 0 aliphatic carbocycles. The number of halogens is 1. The SMILES string of the molecule is CCC(C)c1nccc(C#N)c1F. The first-order valence-corrected chi connectivity index (χ1v) is 4.25. The minimum atomic E-state index is -0.473. The standard InChI is InChI=1S/C10H11FN2/c1-3-7(2)10-9(11)8(6-12)4-5-13-10/h4-5,7H,3H2,1-2H3. The Kier molecular flexibility index (Phi) is 2.97. The molecule has 1 aromatic heterocycles. The lowest BCUT2D eigenvalue weighted by Gasteiger charge is -2.08. The van der Waals surface area contributed by atoms with Crippen LogP contribution in [0.15, 0.2) is 12.3 Å². The molecule has 1 unspecified atom stereocenters. The van der Waals surface area contributed by atoms with Crippen LogP contribution in [0.25, 0.3) is 0 Å². The van der Waals surface area contributed by atoms with E-state index in [9.17, 15) is 4.39 Å². The van der Waals surface area contributed by atoms with Crippen molar-refractivity contribution in [1.82, 2.24) is 4.98 Å². The van der Waals surface area contributed by atoms with E-state index in [4.69, 9.17) is 5.26 Å². The van der Waals surface area contributed by atoms with Crippen LogP contribution in [0, 0.1) is 17.1 Å². The molecule has 3 heteroatoms. The van der Waals surface area contributed by atoms with Gasteiger partial charge in [-0.15, -0.1) is 0 Å². The van der Waals surface area contributed by atoms with Crippen molar-refractivity contribution >= 4 is 0 Å². The molecule has 0 bridgehead atoms. The van der Waals surface area contributed by atoms with Crippen LogP contribution in [0.5, 0.6) is 0 Å². The van der Waals surface area contributed by atoms with E-state index in [-0.39, 0.29) is 11.5 Å². The van der Waals surface area contributed by atoms with Crippen LogP contribution < -0.4 is 0 Å². The summed E-state index contributed by atoms with van der Waals surface area (Å²) in [6, 6.07) is 3.19. The van der Waals surface area contributed by atoms with Gasteiger partial charge >= 0.3 is 0 Å². The summed E-state index contributed by atoms with van der Waals surface area (Å²) in [6.45, 7) is 3.86. The maximum Gasteiger partial charge on any atom is 0.162 e. The number of rotatable bonds is 2. The third-order valence-corrected chi connectivity index (χ3v) is 2.12. The molecular formula is C10H11FN2. The zero-order valence-electron chi connectivity index (χ0n) is 7.71. The highest BCUT2D eigenvalue weighted by Gasteiger charge is 2.13. The molecule has 68 valence electrons. The average molecular weight is 178 g/mol. The zero-order valence-corrected chi connectivity index (χ0v) is 7.71. The Morgan fingerprint density at radius 3 is 2.92 bits per heavy atom. The van der Waals surface area contributed by atoms with Gasteiger partial charge in [0.1, 0.15) is 6.07 Å². The van der Waals surface area contributed by atoms with E-state index in [0.717, 1.165) is 6.42 Å². The van der Waals surface area contributed by atoms with Gasteiger partial charge in [-0.1, -0.05) is 13.8 Å². The summed E-state index contributed by atoms with van der Waals surface area (Å²) in [5, 5.41) is 8.58. The first kappa shape index (κ1) is 9.66. The lowest BCUT2D eigenvalue weighted by atomic mass is 10.0. The van der Waals surface area contributed by atoms with Crippen molar-refractivity contribution in [1.29, 1.82) is 5.26 Å². The highest BCUT2D eigenvalue weighted by Crippen LogP contribution is 2.20. The highest BCUT2D eigenvalue weighted by molar-refractivity contribution is 5.32. The molecule has 0 amide bonds. The van der Waals surface area contributed by atoms with Gasteiger partial charge in [-0.3, -0.25) is 4.98 Å². The fourth-order valence-corrected chi connectivity index (χ4v) is 1.08. The molecule has 0 aromatic carbocycles. The number of aromatic nitrogens is 1. The van der Waals surface area contributed by atoms with Gasteiger partial charge in [0.15, 0.2) is 5.82 Å². The van der Waals surface area contributed by atoms with Gasteiger partial charge in [-0.2, -0.15) is 5.26 Å². The first-order chi connectivity index (χ1) is 6.20. The van der Waals surface area contributed by atoms with E-state index < -0.39 is 5.82 Å². The fourth-order valence-electron chi connectivity index (χ4n) is 1.08. The van der Waals surface area contributed by atoms with Crippen LogP contribution in [-0.4, -0.2) is 4.98 Å². The van der Waals surface area contributed by atoms with Crippen LogP contribution in [-0.2, 0) is 0 Å². The molecule has 2 nitrogen and oxygen atoms in total. The van der Waals surface area contributed by atoms with Crippen molar-refractivity contribution in [2.45, 2.75) is 26.2 Å². The topological polar surface area (TPSA) is 36.7 Å². The second-order valence-corrected chi connectivity index (χ2v) is 2.98. The lowest BCUT2D eigenvalue weighted by Crippen LogP contribution is -2.01. The minimum absolute atomic E-state index is 0.0632. The summed E-state index contributed by atoms with van der Waals surface area (Å²) in [5.41, 5.74) is 0.465. The molecule has 0 saturated carbocycles. The van der Waals surface area contributed by atoms with Crippen LogP contribution >= 0.6 is 0 Å². The highest BCUT2D eigenvalue weighted by atomic mass is 19.1. The van der Waals surface area contributed by atoms with E-state index in [2.05, 4.69) is 4.98 Å². The Morgan fingerprint density at radius 1 is 1.69 bits per heavy atom. The van der Waals surface area contributed by atoms with Gasteiger partial charge in [0.05, 0.1) is 11.3 Å². The normalized spacial score (nSPS) is 12.2. The van der Waals surface area contributed by atoms with Crippen molar-refractivity contribution in [3.63, 3.8) is 0 Å². The summed E-state index contributed by atoms with van der Waals surface area (Å²) in [4.78, 5) is 3.93. The summed E-state index contributed by atoms with van der Waals surface area (Å²) >= 11 is 0. The number of nitriles is 1. The maximum atomic E-state index is 13.4. The third-order valence-electron chi connectivity index (χ3n) is 2.12. The van der Waals surface area contributed by atoms with E-state index in [0.29, 0.717) is 5.69 Å². The molecule has 0 aliphatic heterocycles. The molecule has 0 N–H and O–H groups in total. The van der Waals surface area contributed by atoms with Crippen LogP contribution in [0.2, 0.25) is 0 Å². The number of hydrogen-bond acceptors (Lipinski definition) is 2. The second-order valence-electron chi connectivity index (χ2n) is 2.98. The van der Waals surface area contributed by atoms with Crippen LogP contribution in [0.4, 0.5) is 4.39 Å². The van der Waals surface area contributed by atoms with Crippen LogP contribution in [0.1, 0.15) is 37.4 Å². The summed E-state index contributed by atoms with van der Waals surface area (Å²) < 4.78 is 13.4. The van der Waals surface area contributed by atoms with Gasteiger partial charge < -0.3 is 0 Å². The summed E-state index contributed by atoms with van der Waals surface area (Å²) in [7, 11) is 0. The Labute approximate surface area is 77.0 Å². The zero-order chi connectivity index (χ0) is 9.84. The molecule has 1 rings (SSSR count). The van der Waals surface area contributed by atoms with Gasteiger partial charge in [0.25, 0.3) is 0 Å². The predicted molar refractivity (Wildman–Crippen MR) is 47.6 cm³/mol. The van der Waals surface area contributed by atoms with Crippen LogP contribution in [0.3, 0.4) is 0 Å². The molecule has 0 spiro atoms. The van der Waals surface area contributed by atoms with Gasteiger partial charge in [-0.25, -0.2) is 4.39 Å². The monoisotopic (exact) mass is 178 g/mol. The molecular weight excluding hydrogens is 167 g/mol. The van der Waals surface area contributed by atoms with E-state index in [1.165, 1.54) is 12.3 Å². The largest absolute Gasteiger partial charge is 0.258 e. The lowest BCUT2D eigenvalue weighted by molar-refractivity contribution is 0.564. The smallest absolute Gasteiger partial charge is 0.162 e. The number of nitrogens with zero attached hydrogens (tertiary/aromatic N) is 2. The first-order valence-electron chi connectivity index (χ1n) is 4.25. The molecule has 0 fully saturated rings. The van der Waals surface area contributed by atoms with Gasteiger partial charge in [-0.05, 0) is 12.5 Å². The van der Waals surface area contributed by atoms with Crippen molar-refractivity contribution in [3.8, 4) is 6.07 Å². The fraction of sp³-hybridized carbons (Fsp3) is 0.400. The van der Waals surface area contributed by atoms with Gasteiger partial charge in [0, 0.05) is 12.1 Å². The van der Waals surface area contributed by atoms with Crippen molar-refractivity contribution in [2.75, 3.05) is 0 Å². The average Bonchev–Trinajstić information content (AvgIpc) is 2.17. The van der Waals surface area contributed by atoms with E-state index >= 15 is 0 Å². The molecule has 1 atom stereocenters. The maximum absolute atomic E-state index is 13.4. The minimum Gasteiger partial charge on any atom is -0.258 e. The summed E-state index contributed by atoms with van der Waals surface area (Å²) in [5.74, 6) is -0.410. The predicted octanol–water partition coefficient (Wildman–Crippen LogP) is 2.61. The molecule has 0 aliphatic rings. The number of pyridine rings is 1. The molecule has 0 radical (unpaired) electrons.